The Morgan fingerprint density at radius 1 is 1.17 bits per heavy atom. The first kappa shape index (κ1) is 19.8. The van der Waals surface area contributed by atoms with E-state index in [4.69, 9.17) is 16.7 Å². The van der Waals surface area contributed by atoms with Crippen LogP contribution in [-0.2, 0) is 11.2 Å². The SMILES string of the molecule is C/C(=C\Cc1c(O)c(Cl)c(C)c(C=O)c1O)CC/C=C(\C)C(=O)O. The first-order valence-electron chi connectivity index (χ1n) is 7.44. The van der Waals surface area contributed by atoms with E-state index in [0.717, 1.165) is 5.57 Å². The Balaban J connectivity index is 2.94. The van der Waals surface area contributed by atoms with Crippen LogP contribution in [0.25, 0.3) is 0 Å². The molecule has 0 saturated carbocycles. The smallest absolute Gasteiger partial charge is 0.330 e. The molecule has 0 unspecified atom stereocenters. The van der Waals surface area contributed by atoms with Crippen LogP contribution < -0.4 is 0 Å². The minimum atomic E-state index is -0.942. The number of halogens is 1. The molecule has 0 amide bonds. The van der Waals surface area contributed by atoms with E-state index in [0.29, 0.717) is 30.3 Å². The van der Waals surface area contributed by atoms with E-state index in [1.54, 1.807) is 19.1 Å². The third-order valence-electron chi connectivity index (χ3n) is 3.87. The monoisotopic (exact) mass is 352 g/mol. The Bertz CT molecular complexity index is 717. The number of rotatable bonds is 7. The fourth-order valence-corrected chi connectivity index (χ4v) is 2.42. The summed E-state index contributed by atoms with van der Waals surface area (Å²) in [5.74, 6) is -1.44. The summed E-state index contributed by atoms with van der Waals surface area (Å²) >= 11 is 6.00. The van der Waals surface area contributed by atoms with Crippen molar-refractivity contribution in [3.63, 3.8) is 0 Å². The molecule has 0 saturated heterocycles. The van der Waals surface area contributed by atoms with Crippen LogP contribution in [0.3, 0.4) is 0 Å². The molecule has 24 heavy (non-hydrogen) atoms. The second-order valence-electron chi connectivity index (χ2n) is 5.63. The van der Waals surface area contributed by atoms with Gasteiger partial charge in [-0.2, -0.15) is 0 Å². The van der Waals surface area contributed by atoms with Crippen LogP contribution in [0.5, 0.6) is 11.5 Å². The number of allylic oxidation sites excluding steroid dienone is 3. The van der Waals surface area contributed by atoms with Crippen molar-refractivity contribution in [2.75, 3.05) is 0 Å². The topological polar surface area (TPSA) is 94.8 Å². The highest BCUT2D eigenvalue weighted by Gasteiger charge is 2.19. The predicted octanol–water partition coefficient (Wildman–Crippen LogP) is 4.17. The minimum Gasteiger partial charge on any atom is -0.507 e. The molecule has 0 atom stereocenters. The highest BCUT2D eigenvalue weighted by atomic mass is 35.5. The summed E-state index contributed by atoms with van der Waals surface area (Å²) in [5, 5.41) is 29.1. The fourth-order valence-electron chi connectivity index (χ4n) is 2.20. The van der Waals surface area contributed by atoms with E-state index in [-0.39, 0.29) is 34.1 Å². The molecule has 5 nitrogen and oxygen atoms in total. The van der Waals surface area contributed by atoms with E-state index in [1.165, 1.54) is 6.92 Å². The fraction of sp³-hybridized carbons (Fsp3) is 0.333. The molecule has 0 aliphatic carbocycles. The highest BCUT2D eigenvalue weighted by Crippen LogP contribution is 2.40. The number of carbonyl (C=O) groups excluding carboxylic acids is 1. The molecule has 1 aromatic rings. The van der Waals surface area contributed by atoms with Gasteiger partial charge in [-0.25, -0.2) is 4.79 Å². The summed E-state index contributed by atoms with van der Waals surface area (Å²) in [5.41, 5.74) is 1.86. The van der Waals surface area contributed by atoms with Crippen LogP contribution in [-0.4, -0.2) is 27.6 Å². The summed E-state index contributed by atoms with van der Waals surface area (Å²) in [6.07, 6.45) is 5.39. The van der Waals surface area contributed by atoms with Gasteiger partial charge in [0.25, 0.3) is 0 Å². The maximum Gasteiger partial charge on any atom is 0.330 e. The Hall–Kier alpha value is -2.27. The average Bonchev–Trinajstić information content (AvgIpc) is 2.53. The lowest BCUT2D eigenvalue weighted by Gasteiger charge is -2.13. The van der Waals surface area contributed by atoms with Crippen molar-refractivity contribution in [2.45, 2.75) is 40.0 Å². The Kier molecular flexibility index (Phi) is 7.04. The van der Waals surface area contributed by atoms with Crippen LogP contribution in [0, 0.1) is 6.92 Å². The van der Waals surface area contributed by atoms with Gasteiger partial charge in [0, 0.05) is 11.1 Å². The van der Waals surface area contributed by atoms with Crippen molar-refractivity contribution in [1.82, 2.24) is 0 Å². The summed E-state index contributed by atoms with van der Waals surface area (Å²) in [6, 6.07) is 0. The van der Waals surface area contributed by atoms with Crippen molar-refractivity contribution < 1.29 is 24.9 Å². The molecular formula is C18H21ClO5. The number of benzene rings is 1. The second kappa shape index (κ2) is 8.55. The minimum absolute atomic E-state index is 0.0518. The number of aliphatic carboxylic acids is 1. The summed E-state index contributed by atoms with van der Waals surface area (Å²) < 4.78 is 0. The van der Waals surface area contributed by atoms with Crippen molar-refractivity contribution in [2.24, 2.45) is 0 Å². The number of carbonyl (C=O) groups is 2. The van der Waals surface area contributed by atoms with Crippen molar-refractivity contribution in [1.29, 1.82) is 0 Å². The zero-order valence-corrected chi connectivity index (χ0v) is 14.6. The van der Waals surface area contributed by atoms with Gasteiger partial charge in [0.2, 0.25) is 0 Å². The van der Waals surface area contributed by atoms with Gasteiger partial charge in [-0.1, -0.05) is 29.3 Å². The van der Waals surface area contributed by atoms with Gasteiger partial charge >= 0.3 is 5.97 Å². The van der Waals surface area contributed by atoms with E-state index >= 15 is 0 Å². The van der Waals surface area contributed by atoms with Gasteiger partial charge in [-0.3, -0.25) is 4.79 Å². The number of phenolic OH excluding ortho intramolecular Hbond substituents is 2. The molecule has 6 heteroatoms. The maximum absolute atomic E-state index is 11.1. The number of aromatic hydroxyl groups is 2. The molecule has 1 aromatic carbocycles. The summed E-state index contributed by atoms with van der Waals surface area (Å²) in [4.78, 5) is 21.8. The highest BCUT2D eigenvalue weighted by molar-refractivity contribution is 6.33. The summed E-state index contributed by atoms with van der Waals surface area (Å²) in [6.45, 7) is 4.95. The van der Waals surface area contributed by atoms with E-state index < -0.39 is 5.97 Å². The number of aldehydes is 1. The standard InChI is InChI=1S/C18H21ClO5/c1-10(5-4-6-11(2)18(23)24)7-8-13-16(21)14(9-20)12(3)15(19)17(13)22/h6-7,9,21-22H,4-5,8H2,1-3H3,(H,23,24)/b10-7+,11-6+. The molecule has 130 valence electrons. The number of phenols is 2. The van der Waals surface area contributed by atoms with E-state index in [2.05, 4.69) is 0 Å². The maximum atomic E-state index is 11.1. The van der Waals surface area contributed by atoms with Gasteiger partial charge in [-0.15, -0.1) is 0 Å². The number of carboxylic acid groups (broad SMARTS) is 1. The van der Waals surface area contributed by atoms with Crippen molar-refractivity contribution >= 4 is 23.9 Å². The molecular weight excluding hydrogens is 332 g/mol. The first-order valence-corrected chi connectivity index (χ1v) is 7.82. The predicted molar refractivity (Wildman–Crippen MR) is 93.0 cm³/mol. The van der Waals surface area contributed by atoms with Crippen LogP contribution in [0.15, 0.2) is 23.3 Å². The van der Waals surface area contributed by atoms with Gasteiger partial charge in [0.15, 0.2) is 6.29 Å². The molecule has 0 spiro atoms. The van der Waals surface area contributed by atoms with Crippen LogP contribution >= 0.6 is 11.6 Å². The largest absolute Gasteiger partial charge is 0.507 e. The third kappa shape index (κ3) is 4.61. The average molecular weight is 353 g/mol. The molecule has 0 bridgehead atoms. The lowest BCUT2D eigenvalue weighted by atomic mass is 9.99. The number of hydrogen-bond acceptors (Lipinski definition) is 4. The normalized spacial score (nSPS) is 12.3. The first-order chi connectivity index (χ1) is 11.2. The Labute approximate surface area is 145 Å². The van der Waals surface area contributed by atoms with Gasteiger partial charge in [0.05, 0.1) is 10.6 Å². The number of hydrogen-bond donors (Lipinski definition) is 3. The molecule has 0 fully saturated rings. The van der Waals surface area contributed by atoms with E-state index in [1.807, 2.05) is 6.92 Å². The zero-order chi connectivity index (χ0) is 18.4. The molecule has 1 rings (SSSR count). The molecule has 0 aromatic heterocycles. The third-order valence-corrected chi connectivity index (χ3v) is 4.33. The second-order valence-corrected chi connectivity index (χ2v) is 6.01. The van der Waals surface area contributed by atoms with Crippen LogP contribution in [0.2, 0.25) is 5.02 Å². The van der Waals surface area contributed by atoms with Gasteiger partial charge in [0.1, 0.15) is 11.5 Å². The summed E-state index contributed by atoms with van der Waals surface area (Å²) in [7, 11) is 0. The zero-order valence-electron chi connectivity index (χ0n) is 13.9. The van der Waals surface area contributed by atoms with Gasteiger partial charge in [-0.05, 0) is 45.6 Å². The van der Waals surface area contributed by atoms with Gasteiger partial charge < -0.3 is 15.3 Å². The molecule has 0 heterocycles. The van der Waals surface area contributed by atoms with Crippen molar-refractivity contribution in [3.05, 3.63) is 45.0 Å². The molecule has 0 aliphatic rings. The molecule has 3 N–H and O–H groups in total. The lowest BCUT2D eigenvalue weighted by molar-refractivity contribution is -0.132. The Morgan fingerprint density at radius 2 is 1.79 bits per heavy atom. The Morgan fingerprint density at radius 3 is 2.33 bits per heavy atom. The van der Waals surface area contributed by atoms with Crippen molar-refractivity contribution in [3.8, 4) is 11.5 Å². The van der Waals surface area contributed by atoms with E-state index in [9.17, 15) is 19.8 Å². The van der Waals surface area contributed by atoms with Crippen LogP contribution in [0.4, 0.5) is 0 Å². The lowest BCUT2D eigenvalue weighted by Crippen LogP contribution is -1.96. The number of carboxylic acids is 1. The van der Waals surface area contributed by atoms with Crippen LogP contribution in [0.1, 0.15) is 48.2 Å². The quantitative estimate of drug-likeness (QED) is 0.389. The molecule has 0 aliphatic heterocycles. The molecule has 0 radical (unpaired) electrons.